The van der Waals surface area contributed by atoms with Crippen LogP contribution in [0.2, 0.25) is 0 Å². The lowest BCUT2D eigenvalue weighted by Gasteiger charge is -2.33. The van der Waals surface area contributed by atoms with Gasteiger partial charge in [0.25, 0.3) is 0 Å². The van der Waals surface area contributed by atoms with Gasteiger partial charge in [-0.1, -0.05) is 24.3 Å². The molecule has 0 aromatic heterocycles. The zero-order valence-electron chi connectivity index (χ0n) is 12.1. The largest absolute Gasteiger partial charge is 0.382 e. The number of nitrogens with zero attached hydrogens (tertiary/aromatic N) is 2. The molecule has 1 amide bonds. The van der Waals surface area contributed by atoms with E-state index in [0.29, 0.717) is 19.6 Å². The van der Waals surface area contributed by atoms with Gasteiger partial charge in [0.15, 0.2) is 0 Å². The third kappa shape index (κ3) is 4.26. The van der Waals surface area contributed by atoms with E-state index in [9.17, 15) is 4.79 Å². The Morgan fingerprint density at radius 1 is 1.29 bits per heavy atom. The van der Waals surface area contributed by atoms with Crippen LogP contribution in [0.4, 0.5) is 11.4 Å². The Hall–Kier alpha value is -1.94. The third-order valence-electron chi connectivity index (χ3n) is 3.32. The van der Waals surface area contributed by atoms with E-state index < -0.39 is 0 Å². The van der Waals surface area contributed by atoms with Crippen LogP contribution in [0.25, 0.3) is 0 Å². The zero-order valence-corrected chi connectivity index (χ0v) is 12.9. The van der Waals surface area contributed by atoms with Gasteiger partial charge in [0.1, 0.15) is 0 Å². The Bertz CT molecular complexity index is 494. The van der Waals surface area contributed by atoms with Gasteiger partial charge >= 0.3 is 0 Å². The summed E-state index contributed by atoms with van der Waals surface area (Å²) in [5.41, 5.74) is 2.18. The molecule has 0 radical (unpaired) electrons. The first-order valence-corrected chi connectivity index (χ1v) is 6.83. The summed E-state index contributed by atoms with van der Waals surface area (Å²) in [6, 6.07) is 8.07. The van der Waals surface area contributed by atoms with Crippen molar-refractivity contribution in [1.82, 2.24) is 4.90 Å². The van der Waals surface area contributed by atoms with Gasteiger partial charge in [0.05, 0.1) is 17.9 Å². The van der Waals surface area contributed by atoms with E-state index in [1.165, 1.54) is 0 Å². The predicted molar refractivity (Wildman–Crippen MR) is 91.4 cm³/mol. The second kappa shape index (κ2) is 8.37. The van der Waals surface area contributed by atoms with Crippen LogP contribution in [-0.4, -0.2) is 43.5 Å². The molecule has 114 valence electrons. The average Bonchev–Trinajstić information content (AvgIpc) is 2.47. The van der Waals surface area contributed by atoms with Crippen molar-refractivity contribution in [3.8, 4) is 0 Å². The lowest BCUT2D eigenvalue weighted by molar-refractivity contribution is -0.128. The maximum absolute atomic E-state index is 12.4. The van der Waals surface area contributed by atoms with E-state index in [0.717, 1.165) is 24.5 Å². The molecule has 0 saturated carbocycles. The quantitative estimate of drug-likeness (QED) is 0.820. The predicted octanol–water partition coefficient (Wildman–Crippen LogP) is 2.54. The van der Waals surface area contributed by atoms with Crippen molar-refractivity contribution in [2.24, 2.45) is 0 Å². The minimum atomic E-state index is 0. The number of benzene rings is 1. The van der Waals surface area contributed by atoms with Gasteiger partial charge in [0.2, 0.25) is 5.91 Å². The third-order valence-corrected chi connectivity index (χ3v) is 3.32. The van der Waals surface area contributed by atoms with Gasteiger partial charge in [-0.05, 0) is 12.1 Å². The first-order chi connectivity index (χ1) is 9.76. The molecule has 1 aromatic rings. The molecule has 1 heterocycles. The number of carbonyl (C=O) groups excluding carboxylic acids is 1. The van der Waals surface area contributed by atoms with E-state index in [2.05, 4.69) is 23.4 Å². The number of hydrogen-bond acceptors (Lipinski definition) is 3. The van der Waals surface area contributed by atoms with Crippen LogP contribution in [0.3, 0.4) is 0 Å². The van der Waals surface area contributed by atoms with Crippen molar-refractivity contribution in [2.75, 3.05) is 42.9 Å². The van der Waals surface area contributed by atoms with E-state index in [-0.39, 0.29) is 18.3 Å². The SMILES string of the molecule is C=CCN(CC=C)C(=O)CN1CCNc2ccccc21.Cl. The molecular weight excluding hydrogens is 286 g/mol. The molecule has 1 aliphatic heterocycles. The topological polar surface area (TPSA) is 35.6 Å². The van der Waals surface area contributed by atoms with Crippen molar-refractivity contribution in [3.05, 3.63) is 49.6 Å². The van der Waals surface area contributed by atoms with Crippen LogP contribution < -0.4 is 10.2 Å². The van der Waals surface area contributed by atoms with E-state index >= 15 is 0 Å². The lowest BCUT2D eigenvalue weighted by atomic mass is 10.2. The summed E-state index contributed by atoms with van der Waals surface area (Å²) >= 11 is 0. The summed E-state index contributed by atoms with van der Waals surface area (Å²) in [5, 5.41) is 3.35. The highest BCUT2D eigenvalue weighted by Crippen LogP contribution is 2.28. The standard InChI is InChI=1S/C16H21N3O.ClH/c1-3-10-18(11-4-2)16(20)13-19-12-9-17-14-7-5-6-8-15(14)19;/h3-8,17H,1-2,9-13H2;1H. The maximum Gasteiger partial charge on any atom is 0.242 e. The van der Waals surface area contributed by atoms with E-state index in [1.807, 2.05) is 24.3 Å². The van der Waals surface area contributed by atoms with Crippen LogP contribution >= 0.6 is 12.4 Å². The zero-order chi connectivity index (χ0) is 14.4. The van der Waals surface area contributed by atoms with Crippen molar-refractivity contribution in [1.29, 1.82) is 0 Å². The summed E-state index contributed by atoms with van der Waals surface area (Å²) in [6.07, 6.45) is 3.49. The van der Waals surface area contributed by atoms with Crippen molar-refractivity contribution in [3.63, 3.8) is 0 Å². The fourth-order valence-corrected chi connectivity index (χ4v) is 2.36. The molecule has 0 bridgehead atoms. The Morgan fingerprint density at radius 3 is 2.62 bits per heavy atom. The molecule has 4 nitrogen and oxygen atoms in total. The van der Waals surface area contributed by atoms with Crippen LogP contribution in [0.5, 0.6) is 0 Å². The molecule has 2 rings (SSSR count). The van der Waals surface area contributed by atoms with Crippen LogP contribution in [0, 0.1) is 0 Å². The molecule has 0 aliphatic carbocycles. The van der Waals surface area contributed by atoms with Crippen LogP contribution in [-0.2, 0) is 4.79 Å². The van der Waals surface area contributed by atoms with Crippen molar-refractivity contribution < 1.29 is 4.79 Å². The number of anilines is 2. The minimum Gasteiger partial charge on any atom is -0.382 e. The molecular formula is C16H22ClN3O. The Morgan fingerprint density at radius 2 is 1.95 bits per heavy atom. The van der Waals surface area contributed by atoms with Crippen LogP contribution in [0.15, 0.2) is 49.6 Å². The highest BCUT2D eigenvalue weighted by Gasteiger charge is 2.20. The molecule has 0 unspecified atom stereocenters. The summed E-state index contributed by atoms with van der Waals surface area (Å²) in [4.78, 5) is 16.2. The Kier molecular flexibility index (Phi) is 6.82. The number of amides is 1. The molecule has 0 fully saturated rings. The number of halogens is 1. The molecule has 0 atom stereocenters. The first-order valence-electron chi connectivity index (χ1n) is 6.83. The molecule has 21 heavy (non-hydrogen) atoms. The van der Waals surface area contributed by atoms with Gasteiger partial charge in [-0.3, -0.25) is 4.79 Å². The number of fused-ring (bicyclic) bond motifs is 1. The molecule has 1 aromatic carbocycles. The molecule has 0 spiro atoms. The van der Waals surface area contributed by atoms with Gasteiger partial charge in [-0.2, -0.15) is 0 Å². The number of nitrogens with one attached hydrogen (secondary N) is 1. The Labute approximate surface area is 132 Å². The average molecular weight is 308 g/mol. The van der Waals surface area contributed by atoms with Crippen LogP contribution in [0.1, 0.15) is 0 Å². The summed E-state index contributed by atoms with van der Waals surface area (Å²) < 4.78 is 0. The molecule has 1 N–H and O–H groups in total. The lowest BCUT2D eigenvalue weighted by Crippen LogP contribution is -2.43. The normalized spacial score (nSPS) is 12.5. The molecule has 1 aliphatic rings. The smallest absolute Gasteiger partial charge is 0.242 e. The molecule has 0 saturated heterocycles. The number of hydrogen-bond donors (Lipinski definition) is 1. The highest BCUT2D eigenvalue weighted by molar-refractivity contribution is 5.85. The monoisotopic (exact) mass is 307 g/mol. The van der Waals surface area contributed by atoms with Crippen molar-refractivity contribution in [2.45, 2.75) is 0 Å². The number of carbonyl (C=O) groups is 1. The number of rotatable bonds is 6. The summed E-state index contributed by atoms with van der Waals surface area (Å²) in [5.74, 6) is 0.0986. The summed E-state index contributed by atoms with van der Waals surface area (Å²) in [6.45, 7) is 10.6. The fourth-order valence-electron chi connectivity index (χ4n) is 2.36. The highest BCUT2D eigenvalue weighted by atomic mass is 35.5. The van der Waals surface area contributed by atoms with Crippen molar-refractivity contribution >= 4 is 29.7 Å². The molecule has 5 heteroatoms. The maximum atomic E-state index is 12.4. The fraction of sp³-hybridized carbons (Fsp3) is 0.312. The van der Waals surface area contributed by atoms with Gasteiger partial charge in [-0.15, -0.1) is 25.6 Å². The number of para-hydroxylation sites is 2. The van der Waals surface area contributed by atoms with Gasteiger partial charge < -0.3 is 15.1 Å². The van der Waals surface area contributed by atoms with Gasteiger partial charge in [-0.25, -0.2) is 0 Å². The summed E-state index contributed by atoms with van der Waals surface area (Å²) in [7, 11) is 0. The van der Waals surface area contributed by atoms with E-state index in [4.69, 9.17) is 0 Å². The minimum absolute atomic E-state index is 0. The second-order valence-corrected chi connectivity index (χ2v) is 4.74. The van der Waals surface area contributed by atoms with Gasteiger partial charge in [0, 0.05) is 26.2 Å². The van der Waals surface area contributed by atoms with E-state index in [1.54, 1.807) is 17.1 Å². The Balaban J connectivity index is 0.00000220. The second-order valence-electron chi connectivity index (χ2n) is 4.74. The first kappa shape index (κ1) is 17.1.